The maximum Gasteiger partial charge on any atom is 0.307 e. The predicted molar refractivity (Wildman–Crippen MR) is 85.9 cm³/mol. The third kappa shape index (κ3) is 3.86. The molecule has 0 amide bonds. The lowest BCUT2D eigenvalue weighted by molar-refractivity contribution is -0.141. The number of fused-ring (bicyclic) bond motifs is 1. The maximum absolute atomic E-state index is 11.5. The molecule has 0 aliphatic carbocycles. The highest BCUT2D eigenvalue weighted by molar-refractivity contribution is 5.89. The van der Waals surface area contributed by atoms with Crippen molar-refractivity contribution in [3.05, 3.63) is 42.0 Å². The van der Waals surface area contributed by atoms with Gasteiger partial charge in [0, 0.05) is 11.6 Å². The molecule has 2 aromatic rings. The van der Waals surface area contributed by atoms with Crippen LogP contribution in [0.3, 0.4) is 0 Å². The Morgan fingerprint density at radius 2 is 1.95 bits per heavy atom. The van der Waals surface area contributed by atoms with Gasteiger partial charge in [-0.05, 0) is 23.8 Å². The molecule has 114 valence electrons. The number of nitrogens with two attached hydrogens (primary N) is 1. The zero-order chi connectivity index (χ0) is 14.5. The van der Waals surface area contributed by atoms with Crippen molar-refractivity contribution >= 4 is 29.1 Å². The molecule has 2 rings (SSSR count). The van der Waals surface area contributed by atoms with E-state index in [0.717, 1.165) is 22.1 Å². The van der Waals surface area contributed by atoms with Gasteiger partial charge in [0.15, 0.2) is 0 Å². The molecule has 1 atom stereocenters. The molecule has 0 bridgehead atoms. The summed E-state index contributed by atoms with van der Waals surface area (Å²) in [7, 11) is 1.36. The maximum atomic E-state index is 11.5. The van der Waals surface area contributed by atoms with Gasteiger partial charge >= 0.3 is 5.97 Å². The number of ether oxygens (including phenoxy) is 2. The summed E-state index contributed by atoms with van der Waals surface area (Å²) in [4.78, 5) is 11.5. The standard InChI is InChI=1S/C16H19NO3.ClH/c1-3-20-14-9-8-11-6-4-5-7-12(11)16(14)13(17)10-15(18)19-2;/h4-9,13H,3,10,17H2,1-2H3;1H/t13-;/m1./s1. The zero-order valence-corrected chi connectivity index (χ0v) is 13.0. The summed E-state index contributed by atoms with van der Waals surface area (Å²) in [5.74, 6) is 0.399. The zero-order valence-electron chi connectivity index (χ0n) is 12.2. The van der Waals surface area contributed by atoms with E-state index < -0.39 is 6.04 Å². The number of esters is 1. The lowest BCUT2D eigenvalue weighted by atomic mass is 9.96. The predicted octanol–water partition coefficient (Wildman–Crippen LogP) is 3.22. The molecule has 0 radical (unpaired) electrons. The van der Waals surface area contributed by atoms with Gasteiger partial charge in [-0.15, -0.1) is 12.4 Å². The topological polar surface area (TPSA) is 61.5 Å². The van der Waals surface area contributed by atoms with Gasteiger partial charge in [-0.3, -0.25) is 4.79 Å². The molecule has 0 aliphatic heterocycles. The quantitative estimate of drug-likeness (QED) is 0.861. The van der Waals surface area contributed by atoms with E-state index in [0.29, 0.717) is 6.61 Å². The number of hydrogen-bond acceptors (Lipinski definition) is 4. The van der Waals surface area contributed by atoms with Crippen molar-refractivity contribution in [2.45, 2.75) is 19.4 Å². The number of benzene rings is 2. The molecular formula is C16H20ClNO3. The highest BCUT2D eigenvalue weighted by atomic mass is 35.5. The van der Waals surface area contributed by atoms with Crippen LogP contribution in [-0.2, 0) is 9.53 Å². The van der Waals surface area contributed by atoms with Crippen LogP contribution in [0.4, 0.5) is 0 Å². The Morgan fingerprint density at radius 3 is 2.62 bits per heavy atom. The number of halogens is 1. The lowest BCUT2D eigenvalue weighted by Gasteiger charge is -2.18. The first-order chi connectivity index (χ1) is 9.67. The Labute approximate surface area is 130 Å². The van der Waals surface area contributed by atoms with Crippen LogP contribution in [0, 0.1) is 0 Å². The van der Waals surface area contributed by atoms with Crippen molar-refractivity contribution in [2.75, 3.05) is 13.7 Å². The monoisotopic (exact) mass is 309 g/mol. The fourth-order valence-electron chi connectivity index (χ4n) is 2.30. The Balaban J connectivity index is 0.00000220. The van der Waals surface area contributed by atoms with Crippen LogP contribution in [0.25, 0.3) is 10.8 Å². The smallest absolute Gasteiger partial charge is 0.307 e. The molecule has 0 spiro atoms. The molecule has 0 heterocycles. The van der Waals surface area contributed by atoms with Crippen molar-refractivity contribution in [3.8, 4) is 5.75 Å². The lowest BCUT2D eigenvalue weighted by Crippen LogP contribution is -2.17. The summed E-state index contributed by atoms with van der Waals surface area (Å²) in [6.45, 7) is 2.47. The van der Waals surface area contributed by atoms with Crippen LogP contribution >= 0.6 is 12.4 Å². The number of hydrogen-bond donors (Lipinski definition) is 1. The summed E-state index contributed by atoms with van der Waals surface area (Å²) >= 11 is 0. The Bertz CT molecular complexity index is 615. The summed E-state index contributed by atoms with van der Waals surface area (Å²) < 4.78 is 10.3. The van der Waals surface area contributed by atoms with Crippen LogP contribution < -0.4 is 10.5 Å². The molecule has 0 saturated carbocycles. The normalized spacial score (nSPS) is 11.6. The van der Waals surface area contributed by atoms with Gasteiger partial charge < -0.3 is 15.2 Å². The fraction of sp³-hybridized carbons (Fsp3) is 0.312. The summed E-state index contributed by atoms with van der Waals surface area (Å²) in [6, 6.07) is 11.4. The Morgan fingerprint density at radius 1 is 1.24 bits per heavy atom. The average molecular weight is 310 g/mol. The SMILES string of the molecule is CCOc1ccc2ccccc2c1[C@H](N)CC(=O)OC.Cl. The van der Waals surface area contributed by atoms with Crippen molar-refractivity contribution in [1.82, 2.24) is 0 Å². The van der Waals surface area contributed by atoms with Crippen LogP contribution in [-0.4, -0.2) is 19.7 Å². The van der Waals surface area contributed by atoms with Crippen LogP contribution in [0.1, 0.15) is 24.9 Å². The largest absolute Gasteiger partial charge is 0.494 e. The minimum absolute atomic E-state index is 0. The van der Waals surface area contributed by atoms with E-state index in [-0.39, 0.29) is 24.8 Å². The van der Waals surface area contributed by atoms with Crippen LogP contribution in [0.15, 0.2) is 36.4 Å². The van der Waals surface area contributed by atoms with Gasteiger partial charge in [0.05, 0.1) is 20.1 Å². The van der Waals surface area contributed by atoms with E-state index in [1.54, 1.807) is 0 Å². The molecule has 0 aromatic heterocycles. The molecule has 0 aliphatic rings. The molecule has 0 saturated heterocycles. The highest BCUT2D eigenvalue weighted by Gasteiger charge is 2.19. The van der Waals surface area contributed by atoms with Crippen molar-refractivity contribution in [2.24, 2.45) is 5.73 Å². The highest BCUT2D eigenvalue weighted by Crippen LogP contribution is 2.33. The van der Waals surface area contributed by atoms with Gasteiger partial charge in [0.25, 0.3) is 0 Å². The van der Waals surface area contributed by atoms with Crippen molar-refractivity contribution in [1.29, 1.82) is 0 Å². The van der Waals surface area contributed by atoms with Gasteiger partial charge in [-0.2, -0.15) is 0 Å². The number of carbonyl (C=O) groups is 1. The third-order valence-electron chi connectivity index (χ3n) is 3.22. The first-order valence-corrected chi connectivity index (χ1v) is 6.64. The second-order valence-electron chi connectivity index (χ2n) is 4.52. The Kier molecular flexibility index (Phi) is 6.46. The van der Waals surface area contributed by atoms with Crippen LogP contribution in [0.2, 0.25) is 0 Å². The average Bonchev–Trinajstić information content (AvgIpc) is 2.47. The molecule has 4 nitrogen and oxygen atoms in total. The summed E-state index contributed by atoms with van der Waals surface area (Å²) in [5.41, 5.74) is 7.04. The van der Waals surface area contributed by atoms with E-state index in [4.69, 9.17) is 15.2 Å². The van der Waals surface area contributed by atoms with E-state index in [2.05, 4.69) is 0 Å². The molecule has 0 unspecified atom stereocenters. The summed E-state index contributed by atoms with van der Waals surface area (Å²) in [5, 5.41) is 2.08. The number of rotatable bonds is 5. The third-order valence-corrected chi connectivity index (χ3v) is 3.22. The van der Waals surface area contributed by atoms with E-state index >= 15 is 0 Å². The Hall–Kier alpha value is -1.78. The van der Waals surface area contributed by atoms with Gasteiger partial charge in [-0.25, -0.2) is 0 Å². The molecule has 2 aromatic carbocycles. The minimum Gasteiger partial charge on any atom is -0.494 e. The fourth-order valence-corrected chi connectivity index (χ4v) is 2.30. The molecule has 0 fully saturated rings. The van der Waals surface area contributed by atoms with E-state index in [1.807, 2.05) is 43.3 Å². The van der Waals surface area contributed by atoms with Crippen LogP contribution in [0.5, 0.6) is 5.75 Å². The van der Waals surface area contributed by atoms with E-state index in [9.17, 15) is 4.79 Å². The minimum atomic E-state index is -0.449. The van der Waals surface area contributed by atoms with Gasteiger partial charge in [0.1, 0.15) is 5.75 Å². The molecule has 2 N–H and O–H groups in total. The van der Waals surface area contributed by atoms with Crippen molar-refractivity contribution in [3.63, 3.8) is 0 Å². The van der Waals surface area contributed by atoms with E-state index in [1.165, 1.54) is 7.11 Å². The first kappa shape index (κ1) is 17.3. The summed E-state index contributed by atoms with van der Waals surface area (Å²) in [6.07, 6.45) is 0.130. The van der Waals surface area contributed by atoms with Crippen molar-refractivity contribution < 1.29 is 14.3 Å². The second kappa shape index (κ2) is 7.86. The molecular weight excluding hydrogens is 290 g/mol. The number of methoxy groups -OCH3 is 1. The van der Waals surface area contributed by atoms with Gasteiger partial charge in [-0.1, -0.05) is 30.3 Å². The second-order valence-corrected chi connectivity index (χ2v) is 4.52. The number of carbonyl (C=O) groups excluding carboxylic acids is 1. The first-order valence-electron chi connectivity index (χ1n) is 6.64. The molecule has 5 heteroatoms. The van der Waals surface area contributed by atoms with Gasteiger partial charge in [0.2, 0.25) is 0 Å². The molecule has 21 heavy (non-hydrogen) atoms.